The van der Waals surface area contributed by atoms with Crippen LogP contribution < -0.4 is 0 Å². The molecule has 21 heavy (non-hydrogen) atoms. The molecule has 1 atom stereocenters. The van der Waals surface area contributed by atoms with E-state index in [4.69, 9.17) is 0 Å². The van der Waals surface area contributed by atoms with Crippen molar-refractivity contribution in [2.45, 2.75) is 11.8 Å². The summed E-state index contributed by atoms with van der Waals surface area (Å²) in [5, 5.41) is 9.85. The molecule has 0 aromatic heterocycles. The minimum Gasteiger partial charge on any atom is -0.507 e. The van der Waals surface area contributed by atoms with Gasteiger partial charge in [-0.15, -0.1) is 0 Å². The van der Waals surface area contributed by atoms with Crippen molar-refractivity contribution >= 4 is 22.3 Å². The lowest BCUT2D eigenvalue weighted by Crippen LogP contribution is -2.08. The summed E-state index contributed by atoms with van der Waals surface area (Å²) in [6.07, 6.45) is 1.13. The molecular weight excluding hydrogens is 284 g/mol. The molecule has 1 N–H and O–H groups in total. The fourth-order valence-corrected chi connectivity index (χ4v) is 2.74. The van der Waals surface area contributed by atoms with Crippen LogP contribution in [-0.2, 0) is 15.6 Å². The highest BCUT2D eigenvalue weighted by atomic mass is 32.2. The second kappa shape index (κ2) is 6.99. The summed E-state index contributed by atoms with van der Waals surface area (Å²) in [5.74, 6) is -0.614. The van der Waals surface area contributed by atoms with Crippen LogP contribution in [0.15, 0.2) is 65.6 Å². The molecule has 108 valence electrons. The van der Waals surface area contributed by atoms with Crippen LogP contribution in [0.2, 0.25) is 0 Å². The molecule has 2 rings (SSSR count). The van der Waals surface area contributed by atoms with E-state index in [9.17, 15) is 14.1 Å². The van der Waals surface area contributed by atoms with Gasteiger partial charge in [-0.1, -0.05) is 48.0 Å². The van der Waals surface area contributed by atoms with Gasteiger partial charge in [0, 0.05) is 16.5 Å². The van der Waals surface area contributed by atoms with Gasteiger partial charge in [-0.2, -0.15) is 0 Å². The van der Waals surface area contributed by atoms with E-state index in [0.717, 1.165) is 11.6 Å². The van der Waals surface area contributed by atoms with E-state index in [0.29, 0.717) is 10.5 Å². The lowest BCUT2D eigenvalue weighted by atomic mass is 10.1. The highest BCUT2D eigenvalue weighted by Crippen LogP contribution is 2.12. The highest BCUT2D eigenvalue weighted by molar-refractivity contribution is 7.85. The average molecular weight is 300 g/mol. The monoisotopic (exact) mass is 300 g/mol. The Balaban J connectivity index is 2.04. The number of rotatable bonds is 5. The molecule has 0 bridgehead atoms. The lowest BCUT2D eigenvalue weighted by molar-refractivity contribution is -0.112. The molecule has 4 heteroatoms. The van der Waals surface area contributed by atoms with Gasteiger partial charge in [0.1, 0.15) is 5.76 Å². The summed E-state index contributed by atoms with van der Waals surface area (Å²) in [5.41, 5.74) is 1.63. The predicted octanol–water partition coefficient (Wildman–Crippen LogP) is 3.27. The molecule has 0 heterocycles. The summed E-state index contributed by atoms with van der Waals surface area (Å²) in [4.78, 5) is 12.5. The topological polar surface area (TPSA) is 54.4 Å². The SMILES string of the molecule is Cc1ccc(S(=O)CC(=O)/C=C(\O)c2ccccc2)cc1. The van der Waals surface area contributed by atoms with E-state index in [1.807, 2.05) is 25.1 Å². The van der Waals surface area contributed by atoms with Crippen LogP contribution in [0.1, 0.15) is 11.1 Å². The Bertz CT molecular complexity index is 673. The van der Waals surface area contributed by atoms with Gasteiger partial charge in [0.15, 0.2) is 5.78 Å². The average Bonchev–Trinajstić information content (AvgIpc) is 2.48. The zero-order valence-corrected chi connectivity index (χ0v) is 12.5. The third-order valence-corrected chi connectivity index (χ3v) is 4.27. The number of carbonyl (C=O) groups is 1. The van der Waals surface area contributed by atoms with E-state index in [1.165, 1.54) is 0 Å². The minimum absolute atomic E-state index is 0.110. The quantitative estimate of drug-likeness (QED) is 0.681. The van der Waals surface area contributed by atoms with E-state index < -0.39 is 10.8 Å². The number of allylic oxidation sites excluding steroid dienone is 1. The normalized spacial score (nSPS) is 12.9. The van der Waals surface area contributed by atoms with Crippen LogP contribution in [0.3, 0.4) is 0 Å². The van der Waals surface area contributed by atoms with Gasteiger partial charge in [0.2, 0.25) is 0 Å². The first-order valence-electron chi connectivity index (χ1n) is 6.50. The fraction of sp³-hybridized carbons (Fsp3) is 0.118. The summed E-state index contributed by atoms with van der Waals surface area (Å²) < 4.78 is 12.1. The number of hydrogen-bond donors (Lipinski definition) is 1. The maximum atomic E-state index is 12.1. The largest absolute Gasteiger partial charge is 0.507 e. The molecule has 0 aliphatic rings. The third-order valence-electron chi connectivity index (χ3n) is 2.92. The van der Waals surface area contributed by atoms with Crippen LogP contribution in [0, 0.1) is 6.92 Å². The Morgan fingerprint density at radius 2 is 1.71 bits per heavy atom. The molecule has 1 unspecified atom stereocenters. The van der Waals surface area contributed by atoms with Crippen molar-refractivity contribution in [3.63, 3.8) is 0 Å². The number of aryl methyl sites for hydroxylation is 1. The number of benzene rings is 2. The van der Waals surface area contributed by atoms with Gasteiger partial charge in [0.05, 0.1) is 16.6 Å². The molecule has 0 radical (unpaired) electrons. The molecule has 0 aliphatic carbocycles. The van der Waals surface area contributed by atoms with Crippen molar-refractivity contribution in [3.05, 3.63) is 71.8 Å². The Morgan fingerprint density at radius 3 is 2.33 bits per heavy atom. The van der Waals surface area contributed by atoms with Crippen LogP contribution in [-0.4, -0.2) is 20.9 Å². The molecule has 0 amide bonds. The van der Waals surface area contributed by atoms with Crippen molar-refractivity contribution in [1.29, 1.82) is 0 Å². The van der Waals surface area contributed by atoms with Crippen LogP contribution in [0.25, 0.3) is 5.76 Å². The number of hydrogen-bond acceptors (Lipinski definition) is 3. The van der Waals surface area contributed by atoms with Gasteiger partial charge in [-0.3, -0.25) is 9.00 Å². The van der Waals surface area contributed by atoms with E-state index >= 15 is 0 Å². The zero-order valence-electron chi connectivity index (χ0n) is 11.7. The summed E-state index contributed by atoms with van der Waals surface area (Å²) in [6, 6.07) is 16.0. The zero-order chi connectivity index (χ0) is 15.2. The standard InChI is InChI=1S/C17H16O3S/c1-13-7-9-16(10-8-13)21(20)12-15(18)11-17(19)14-5-3-2-4-6-14/h2-11,19H,12H2,1H3/b17-11-. The summed E-state index contributed by atoms with van der Waals surface area (Å²) in [6.45, 7) is 1.94. The first kappa shape index (κ1) is 15.2. The second-order valence-corrected chi connectivity index (χ2v) is 6.12. The summed E-state index contributed by atoms with van der Waals surface area (Å²) in [7, 11) is -1.40. The van der Waals surface area contributed by atoms with Gasteiger partial charge in [0.25, 0.3) is 0 Å². The van der Waals surface area contributed by atoms with Crippen molar-refractivity contribution in [3.8, 4) is 0 Å². The first-order chi connectivity index (χ1) is 10.1. The molecule has 3 nitrogen and oxygen atoms in total. The Kier molecular flexibility index (Phi) is 5.06. The minimum atomic E-state index is -1.40. The van der Waals surface area contributed by atoms with Gasteiger partial charge >= 0.3 is 0 Å². The molecule has 0 spiro atoms. The molecule has 2 aromatic rings. The van der Waals surface area contributed by atoms with Crippen LogP contribution in [0.5, 0.6) is 0 Å². The van der Waals surface area contributed by atoms with Gasteiger partial charge in [-0.25, -0.2) is 0 Å². The van der Waals surface area contributed by atoms with Crippen molar-refractivity contribution < 1.29 is 14.1 Å². The maximum absolute atomic E-state index is 12.1. The van der Waals surface area contributed by atoms with Gasteiger partial charge < -0.3 is 5.11 Å². The molecule has 0 aliphatic heterocycles. The van der Waals surface area contributed by atoms with E-state index in [-0.39, 0.29) is 17.3 Å². The van der Waals surface area contributed by atoms with Crippen LogP contribution >= 0.6 is 0 Å². The van der Waals surface area contributed by atoms with Crippen molar-refractivity contribution in [2.75, 3.05) is 5.75 Å². The summed E-state index contributed by atoms with van der Waals surface area (Å²) >= 11 is 0. The third kappa shape index (κ3) is 4.39. The Morgan fingerprint density at radius 1 is 1.10 bits per heavy atom. The van der Waals surface area contributed by atoms with Crippen molar-refractivity contribution in [1.82, 2.24) is 0 Å². The van der Waals surface area contributed by atoms with Gasteiger partial charge in [-0.05, 0) is 19.1 Å². The number of aliphatic hydroxyl groups is 1. The molecular formula is C17H16O3S. The molecule has 0 saturated carbocycles. The Hall–Kier alpha value is -2.20. The van der Waals surface area contributed by atoms with E-state index in [1.54, 1.807) is 36.4 Å². The maximum Gasteiger partial charge on any atom is 0.172 e. The smallest absolute Gasteiger partial charge is 0.172 e. The van der Waals surface area contributed by atoms with Crippen LogP contribution in [0.4, 0.5) is 0 Å². The van der Waals surface area contributed by atoms with E-state index in [2.05, 4.69) is 0 Å². The predicted molar refractivity (Wildman–Crippen MR) is 84.5 cm³/mol. The number of carbonyl (C=O) groups excluding carboxylic acids is 1. The molecule has 0 saturated heterocycles. The first-order valence-corrected chi connectivity index (χ1v) is 7.82. The van der Waals surface area contributed by atoms with Crippen molar-refractivity contribution in [2.24, 2.45) is 0 Å². The fourth-order valence-electron chi connectivity index (χ4n) is 1.79. The Labute approximate surface area is 126 Å². The highest BCUT2D eigenvalue weighted by Gasteiger charge is 2.10. The number of ketones is 1. The molecule has 2 aromatic carbocycles. The number of aliphatic hydroxyl groups excluding tert-OH is 1. The lowest BCUT2D eigenvalue weighted by Gasteiger charge is -2.02. The second-order valence-electron chi connectivity index (χ2n) is 4.66. The molecule has 0 fully saturated rings.